The Morgan fingerprint density at radius 1 is 1.60 bits per heavy atom. The molecule has 0 spiro atoms. The van der Waals surface area contributed by atoms with E-state index < -0.39 is 0 Å². The van der Waals surface area contributed by atoms with Crippen molar-refractivity contribution in [2.24, 2.45) is 0 Å². The highest BCUT2D eigenvalue weighted by Crippen LogP contribution is 2.16. The molecule has 0 radical (unpaired) electrons. The van der Waals surface area contributed by atoms with E-state index in [9.17, 15) is 4.79 Å². The van der Waals surface area contributed by atoms with Crippen LogP contribution in [-0.2, 0) is 11.2 Å². The van der Waals surface area contributed by atoms with Crippen molar-refractivity contribution in [3.63, 3.8) is 0 Å². The Labute approximate surface area is 56.5 Å². The number of hydrogen-bond acceptors (Lipinski definition) is 4. The van der Waals surface area contributed by atoms with Crippen LogP contribution >= 0.6 is 0 Å². The highest BCUT2D eigenvalue weighted by atomic mass is 16.1. The molecule has 1 aliphatic rings. The standard InChI is InChI=1S/C5H4N4O/c10-5-1-3-4(7-5)2-6-9-8-3/h2H,1H2,(H,7,10). The van der Waals surface area contributed by atoms with Crippen molar-refractivity contribution >= 4 is 11.6 Å². The fourth-order valence-electron chi connectivity index (χ4n) is 0.873. The lowest BCUT2D eigenvalue weighted by molar-refractivity contribution is -0.115. The Hall–Kier alpha value is -1.52. The van der Waals surface area contributed by atoms with E-state index in [0.717, 1.165) is 0 Å². The largest absolute Gasteiger partial charge is 0.323 e. The monoisotopic (exact) mass is 136 g/mol. The van der Waals surface area contributed by atoms with Gasteiger partial charge in [0.05, 0.1) is 24.0 Å². The van der Waals surface area contributed by atoms with Gasteiger partial charge >= 0.3 is 0 Å². The van der Waals surface area contributed by atoms with Crippen LogP contribution in [0.1, 0.15) is 5.69 Å². The first-order chi connectivity index (χ1) is 4.86. The zero-order valence-electron chi connectivity index (χ0n) is 5.03. The van der Waals surface area contributed by atoms with Gasteiger partial charge in [0.25, 0.3) is 0 Å². The number of carbonyl (C=O) groups excluding carboxylic acids is 1. The van der Waals surface area contributed by atoms with Crippen LogP contribution in [0.4, 0.5) is 5.69 Å². The quantitative estimate of drug-likeness (QED) is 0.515. The molecule has 10 heavy (non-hydrogen) atoms. The fraction of sp³-hybridized carbons (Fsp3) is 0.200. The van der Waals surface area contributed by atoms with E-state index in [-0.39, 0.29) is 5.91 Å². The summed E-state index contributed by atoms with van der Waals surface area (Å²) in [6, 6.07) is 0. The van der Waals surface area contributed by atoms with Gasteiger partial charge in [0.2, 0.25) is 5.91 Å². The minimum absolute atomic E-state index is 0.0442. The van der Waals surface area contributed by atoms with Crippen LogP contribution < -0.4 is 5.32 Å². The Morgan fingerprint density at radius 3 is 3.30 bits per heavy atom. The van der Waals surface area contributed by atoms with Crippen LogP contribution in [0.15, 0.2) is 6.20 Å². The van der Waals surface area contributed by atoms with Crippen LogP contribution in [0.2, 0.25) is 0 Å². The summed E-state index contributed by atoms with van der Waals surface area (Å²) in [4.78, 5) is 10.7. The van der Waals surface area contributed by atoms with E-state index in [1.165, 1.54) is 6.20 Å². The van der Waals surface area contributed by atoms with E-state index in [1.807, 2.05) is 0 Å². The molecule has 1 N–H and O–H groups in total. The molecule has 2 rings (SSSR count). The number of amides is 1. The molecule has 1 aromatic rings. The molecule has 2 heterocycles. The Bertz CT molecular complexity index is 258. The van der Waals surface area contributed by atoms with Gasteiger partial charge in [-0.1, -0.05) is 0 Å². The summed E-state index contributed by atoms with van der Waals surface area (Å²) >= 11 is 0. The number of rotatable bonds is 0. The molecule has 1 aliphatic heterocycles. The zero-order valence-corrected chi connectivity index (χ0v) is 5.03. The van der Waals surface area contributed by atoms with Crippen molar-refractivity contribution in [3.05, 3.63) is 11.9 Å². The molecular formula is C5H4N4O. The first-order valence-corrected chi connectivity index (χ1v) is 2.83. The van der Waals surface area contributed by atoms with Crippen LogP contribution in [-0.4, -0.2) is 21.3 Å². The van der Waals surface area contributed by atoms with E-state index in [1.54, 1.807) is 0 Å². The molecule has 0 fully saturated rings. The van der Waals surface area contributed by atoms with Crippen molar-refractivity contribution in [2.45, 2.75) is 6.42 Å². The first-order valence-electron chi connectivity index (χ1n) is 2.83. The zero-order chi connectivity index (χ0) is 6.97. The highest BCUT2D eigenvalue weighted by molar-refractivity contribution is 5.97. The van der Waals surface area contributed by atoms with Crippen molar-refractivity contribution in [1.29, 1.82) is 0 Å². The topological polar surface area (TPSA) is 67.8 Å². The maximum Gasteiger partial charge on any atom is 0.230 e. The second-order valence-electron chi connectivity index (χ2n) is 2.02. The number of carbonyl (C=O) groups is 1. The van der Waals surface area contributed by atoms with Gasteiger partial charge < -0.3 is 5.32 Å². The number of fused-ring (bicyclic) bond motifs is 1. The molecule has 0 aliphatic carbocycles. The van der Waals surface area contributed by atoms with Crippen molar-refractivity contribution < 1.29 is 4.79 Å². The predicted octanol–water partition coefficient (Wildman–Crippen LogP) is -0.634. The van der Waals surface area contributed by atoms with Gasteiger partial charge in [-0.05, 0) is 5.21 Å². The van der Waals surface area contributed by atoms with Crippen LogP contribution in [0.5, 0.6) is 0 Å². The van der Waals surface area contributed by atoms with Gasteiger partial charge in [-0.15, -0.1) is 10.2 Å². The van der Waals surface area contributed by atoms with Gasteiger partial charge in [0.15, 0.2) is 0 Å². The van der Waals surface area contributed by atoms with E-state index >= 15 is 0 Å². The highest BCUT2D eigenvalue weighted by Gasteiger charge is 2.18. The summed E-state index contributed by atoms with van der Waals surface area (Å²) in [5.74, 6) is -0.0442. The number of anilines is 1. The van der Waals surface area contributed by atoms with E-state index in [4.69, 9.17) is 0 Å². The van der Waals surface area contributed by atoms with Gasteiger partial charge in [-0.3, -0.25) is 4.79 Å². The summed E-state index contributed by atoms with van der Waals surface area (Å²) in [6.45, 7) is 0. The van der Waals surface area contributed by atoms with Crippen molar-refractivity contribution in [1.82, 2.24) is 15.4 Å². The molecule has 50 valence electrons. The minimum Gasteiger partial charge on any atom is -0.323 e. The molecule has 0 aromatic carbocycles. The number of nitrogens with zero attached hydrogens (tertiary/aromatic N) is 3. The van der Waals surface area contributed by atoms with Crippen molar-refractivity contribution in [2.75, 3.05) is 5.32 Å². The lowest BCUT2D eigenvalue weighted by atomic mass is 10.3. The van der Waals surface area contributed by atoms with Crippen LogP contribution in [0, 0.1) is 0 Å². The summed E-state index contributed by atoms with van der Waals surface area (Å²) in [7, 11) is 0. The van der Waals surface area contributed by atoms with E-state index in [2.05, 4.69) is 20.7 Å². The lowest BCUT2D eigenvalue weighted by Crippen LogP contribution is -2.03. The minimum atomic E-state index is -0.0442. The Balaban J connectivity index is 2.51. The van der Waals surface area contributed by atoms with Crippen LogP contribution in [0.25, 0.3) is 0 Å². The summed E-state index contributed by atoms with van der Waals surface area (Å²) < 4.78 is 0. The summed E-state index contributed by atoms with van der Waals surface area (Å²) in [6.07, 6.45) is 1.82. The number of hydrogen-bond donors (Lipinski definition) is 1. The average molecular weight is 136 g/mol. The third-order valence-electron chi connectivity index (χ3n) is 1.32. The summed E-state index contributed by atoms with van der Waals surface area (Å²) in [5.41, 5.74) is 1.36. The molecule has 0 atom stereocenters. The molecule has 5 nitrogen and oxygen atoms in total. The van der Waals surface area contributed by atoms with Gasteiger partial charge in [-0.25, -0.2) is 0 Å². The maximum atomic E-state index is 10.7. The molecule has 0 unspecified atom stereocenters. The molecule has 0 saturated carbocycles. The SMILES string of the molecule is O=C1Cc2nnncc2N1. The van der Waals surface area contributed by atoms with E-state index in [0.29, 0.717) is 17.8 Å². The summed E-state index contributed by atoms with van der Waals surface area (Å²) in [5, 5.41) is 13.2. The average Bonchev–Trinajstić information content (AvgIpc) is 2.27. The predicted molar refractivity (Wildman–Crippen MR) is 32.2 cm³/mol. The fourth-order valence-corrected chi connectivity index (χ4v) is 0.873. The van der Waals surface area contributed by atoms with Gasteiger partial charge in [0.1, 0.15) is 0 Å². The second kappa shape index (κ2) is 1.73. The van der Waals surface area contributed by atoms with Gasteiger partial charge in [0, 0.05) is 0 Å². The molecule has 0 saturated heterocycles. The third-order valence-corrected chi connectivity index (χ3v) is 1.32. The van der Waals surface area contributed by atoms with Gasteiger partial charge in [-0.2, -0.15) is 0 Å². The first kappa shape index (κ1) is 5.28. The lowest BCUT2D eigenvalue weighted by Gasteiger charge is -1.89. The smallest absolute Gasteiger partial charge is 0.230 e. The Kier molecular flexibility index (Phi) is 0.913. The molecular weight excluding hydrogens is 132 g/mol. The number of nitrogens with one attached hydrogen (secondary N) is 1. The molecule has 1 aromatic heterocycles. The normalized spacial score (nSPS) is 14.6. The van der Waals surface area contributed by atoms with Crippen molar-refractivity contribution in [3.8, 4) is 0 Å². The third kappa shape index (κ3) is 0.637. The molecule has 0 bridgehead atoms. The van der Waals surface area contributed by atoms with Crippen LogP contribution in [0.3, 0.4) is 0 Å². The maximum absolute atomic E-state index is 10.7. The Morgan fingerprint density at radius 2 is 2.50 bits per heavy atom. The second-order valence-corrected chi connectivity index (χ2v) is 2.02. The molecule has 1 amide bonds. The number of aromatic nitrogens is 3. The molecule has 5 heteroatoms.